The summed E-state index contributed by atoms with van der Waals surface area (Å²) in [6, 6.07) is 16.0. The number of nitrogens with zero attached hydrogens (tertiary/aromatic N) is 1. The molecule has 0 radical (unpaired) electrons. The first kappa shape index (κ1) is 7.04. The van der Waals surface area contributed by atoms with Gasteiger partial charge in [-0.3, -0.25) is 4.57 Å². The van der Waals surface area contributed by atoms with Crippen molar-refractivity contribution in [3.05, 3.63) is 60.9 Å². The maximum absolute atomic E-state index is 3.10. The van der Waals surface area contributed by atoms with Gasteiger partial charge in [0.15, 0.2) is 6.20 Å². The van der Waals surface area contributed by atoms with Gasteiger partial charge in [-0.25, -0.2) is 0 Å². The van der Waals surface area contributed by atoms with E-state index in [4.69, 9.17) is 0 Å². The zero-order chi connectivity index (χ0) is 8.23. The lowest BCUT2D eigenvalue weighted by Gasteiger charge is -1.99. The average Bonchev–Trinajstić information content (AvgIpc) is 2.21. The van der Waals surface area contributed by atoms with Crippen LogP contribution in [0.15, 0.2) is 54.7 Å². The smallest absolute Gasteiger partial charge is 0.152 e. The highest BCUT2D eigenvalue weighted by atomic mass is 14.9. The van der Waals surface area contributed by atoms with Gasteiger partial charge in [0, 0.05) is 0 Å². The van der Waals surface area contributed by atoms with Crippen LogP contribution in [-0.4, -0.2) is 0 Å². The summed E-state index contributed by atoms with van der Waals surface area (Å²) in [6.45, 7) is 0. The number of para-hydroxylation sites is 1. The van der Waals surface area contributed by atoms with Gasteiger partial charge >= 0.3 is 0 Å². The molecule has 0 saturated heterocycles. The molecule has 0 aliphatic heterocycles. The van der Waals surface area contributed by atoms with Gasteiger partial charge in [-0.2, -0.15) is 0 Å². The molecule has 1 nitrogen and oxygen atoms in total. The lowest BCUT2D eigenvalue weighted by molar-refractivity contribution is -0.600. The number of pyridine rings is 1. The summed E-state index contributed by atoms with van der Waals surface area (Å²) in [4.78, 5) is 0. The Morgan fingerprint density at radius 1 is 0.917 bits per heavy atom. The topological polar surface area (TPSA) is 3.88 Å². The van der Waals surface area contributed by atoms with Gasteiger partial charge in [0.25, 0.3) is 0 Å². The molecule has 58 valence electrons. The summed E-state index contributed by atoms with van der Waals surface area (Å²) < 4.78 is 1.96. The van der Waals surface area contributed by atoms with Gasteiger partial charge in [0.05, 0.1) is 6.20 Å². The van der Waals surface area contributed by atoms with Gasteiger partial charge in [-0.15, -0.1) is 6.07 Å². The largest absolute Gasteiger partial charge is 0.285 e. The van der Waals surface area contributed by atoms with Crippen LogP contribution in [0.4, 0.5) is 0 Å². The molecule has 2 aromatic rings. The van der Waals surface area contributed by atoms with E-state index in [0.29, 0.717) is 0 Å². The molecule has 1 aromatic carbocycles. The molecule has 1 heterocycles. The van der Waals surface area contributed by atoms with E-state index >= 15 is 0 Å². The van der Waals surface area contributed by atoms with Crippen LogP contribution in [0.2, 0.25) is 0 Å². The molecule has 0 aliphatic carbocycles. The minimum absolute atomic E-state index is 1.14. The maximum Gasteiger partial charge on any atom is 0.152 e. The Bertz CT molecular complexity index is 302. The fourth-order valence-corrected chi connectivity index (χ4v) is 1.11. The van der Waals surface area contributed by atoms with E-state index in [1.165, 1.54) is 0 Å². The van der Waals surface area contributed by atoms with Gasteiger partial charge in [0.1, 0.15) is 5.69 Å². The molecular formula is C11H9N. The summed E-state index contributed by atoms with van der Waals surface area (Å²) in [7, 11) is 0. The monoisotopic (exact) mass is 155 g/mol. The normalized spacial score (nSPS) is 9.67. The molecule has 12 heavy (non-hydrogen) atoms. The average molecular weight is 155 g/mol. The number of aromatic nitrogens is 1. The number of benzene rings is 1. The highest BCUT2D eigenvalue weighted by Gasteiger charge is 1.92. The van der Waals surface area contributed by atoms with Crippen LogP contribution in [0.25, 0.3) is 5.69 Å². The molecule has 1 heteroatoms. The second-order valence-electron chi connectivity index (χ2n) is 2.54. The third kappa shape index (κ3) is 1.35. The summed E-state index contributed by atoms with van der Waals surface area (Å²) >= 11 is 0. The van der Waals surface area contributed by atoms with Gasteiger partial charge < -0.3 is 0 Å². The van der Waals surface area contributed by atoms with Crippen LogP contribution in [0, 0.1) is 6.20 Å². The van der Waals surface area contributed by atoms with Crippen molar-refractivity contribution in [1.82, 2.24) is 0 Å². The first-order valence-electron chi connectivity index (χ1n) is 3.90. The Balaban J connectivity index is 2.46. The first-order valence-corrected chi connectivity index (χ1v) is 3.90. The molecule has 0 unspecified atom stereocenters. The van der Waals surface area contributed by atoms with Crippen LogP contribution in [0.1, 0.15) is 0 Å². The molecule has 0 bridgehead atoms. The minimum atomic E-state index is 1.14. The maximum atomic E-state index is 3.10. The van der Waals surface area contributed by atoms with E-state index in [-0.39, 0.29) is 0 Å². The number of rotatable bonds is 1. The molecule has 1 aromatic heterocycles. The Labute approximate surface area is 71.9 Å². The predicted molar refractivity (Wildman–Crippen MR) is 46.8 cm³/mol. The Morgan fingerprint density at radius 2 is 1.75 bits per heavy atom. The van der Waals surface area contributed by atoms with E-state index < -0.39 is 0 Å². The SMILES string of the molecule is [c-]1cccc[n+]1-c1ccccc1. The van der Waals surface area contributed by atoms with Crippen molar-refractivity contribution in [1.29, 1.82) is 0 Å². The minimum Gasteiger partial charge on any atom is -0.285 e. The van der Waals surface area contributed by atoms with Gasteiger partial charge in [-0.1, -0.05) is 30.3 Å². The second-order valence-corrected chi connectivity index (χ2v) is 2.54. The summed E-state index contributed by atoms with van der Waals surface area (Å²) in [5, 5.41) is 0. The standard InChI is InChI=1S/C11H9N/c1-3-7-11(8-4-1)12-9-5-2-6-10-12/h1-9H. The molecule has 0 amide bonds. The molecule has 0 spiro atoms. The Hall–Kier alpha value is -1.63. The quantitative estimate of drug-likeness (QED) is 0.436. The van der Waals surface area contributed by atoms with Crippen molar-refractivity contribution in [3.8, 4) is 5.69 Å². The van der Waals surface area contributed by atoms with E-state index in [9.17, 15) is 0 Å². The van der Waals surface area contributed by atoms with Crippen LogP contribution >= 0.6 is 0 Å². The molecule has 0 aliphatic rings. The second kappa shape index (κ2) is 3.18. The third-order valence-corrected chi connectivity index (χ3v) is 1.69. The molecule has 0 saturated carbocycles. The third-order valence-electron chi connectivity index (χ3n) is 1.69. The number of hydrogen-bond acceptors (Lipinski definition) is 0. The molecule has 0 atom stereocenters. The van der Waals surface area contributed by atoms with E-state index in [2.05, 4.69) is 18.3 Å². The van der Waals surface area contributed by atoms with E-state index in [1.807, 2.05) is 47.2 Å². The molecular weight excluding hydrogens is 146 g/mol. The van der Waals surface area contributed by atoms with Crippen LogP contribution in [0.5, 0.6) is 0 Å². The Kier molecular flexibility index (Phi) is 1.87. The zero-order valence-corrected chi connectivity index (χ0v) is 6.64. The van der Waals surface area contributed by atoms with Crippen molar-refractivity contribution in [2.45, 2.75) is 0 Å². The van der Waals surface area contributed by atoms with E-state index in [0.717, 1.165) is 5.69 Å². The summed E-state index contributed by atoms with van der Waals surface area (Å²) in [5.41, 5.74) is 1.14. The highest BCUT2D eigenvalue weighted by molar-refractivity contribution is 5.21. The van der Waals surface area contributed by atoms with Crippen LogP contribution < -0.4 is 4.57 Å². The predicted octanol–water partition coefficient (Wildman–Crippen LogP) is 1.76. The first-order chi connectivity index (χ1) is 5.97. The molecule has 0 fully saturated rings. The van der Waals surface area contributed by atoms with Crippen molar-refractivity contribution in [2.24, 2.45) is 0 Å². The van der Waals surface area contributed by atoms with Gasteiger partial charge in [0.2, 0.25) is 0 Å². The fourth-order valence-electron chi connectivity index (χ4n) is 1.11. The Morgan fingerprint density at radius 3 is 2.42 bits per heavy atom. The van der Waals surface area contributed by atoms with Crippen LogP contribution in [-0.2, 0) is 0 Å². The van der Waals surface area contributed by atoms with E-state index in [1.54, 1.807) is 0 Å². The van der Waals surface area contributed by atoms with Crippen LogP contribution in [0.3, 0.4) is 0 Å². The highest BCUT2D eigenvalue weighted by Crippen LogP contribution is 1.95. The van der Waals surface area contributed by atoms with Crippen molar-refractivity contribution in [2.75, 3.05) is 0 Å². The molecule has 0 N–H and O–H groups in total. The van der Waals surface area contributed by atoms with Crippen molar-refractivity contribution < 1.29 is 4.57 Å². The lowest BCUT2D eigenvalue weighted by Crippen LogP contribution is -2.29. The van der Waals surface area contributed by atoms with Crippen molar-refractivity contribution in [3.63, 3.8) is 0 Å². The number of hydrogen-bond donors (Lipinski definition) is 0. The lowest BCUT2D eigenvalue weighted by atomic mass is 10.3. The molecule has 2 rings (SSSR count). The zero-order valence-electron chi connectivity index (χ0n) is 6.64. The van der Waals surface area contributed by atoms with Crippen molar-refractivity contribution >= 4 is 0 Å². The van der Waals surface area contributed by atoms with Gasteiger partial charge in [-0.05, 0) is 12.1 Å². The summed E-state index contributed by atoms with van der Waals surface area (Å²) in [5.74, 6) is 0. The fraction of sp³-hybridized carbons (Fsp3) is 0. The summed E-state index contributed by atoms with van der Waals surface area (Å²) in [6.07, 6.45) is 5.08.